The third-order valence-electron chi connectivity index (χ3n) is 2.61. The zero-order valence-corrected chi connectivity index (χ0v) is 11.7. The van der Waals surface area contributed by atoms with E-state index < -0.39 is 0 Å². The predicted octanol–water partition coefficient (Wildman–Crippen LogP) is 4.68. The molecule has 98 valence electrons. The third kappa shape index (κ3) is 3.57. The Kier molecular flexibility index (Phi) is 4.97. The maximum Gasteiger partial charge on any atom is 0.111 e. The van der Waals surface area contributed by atoms with E-state index in [0.717, 1.165) is 11.1 Å². The van der Waals surface area contributed by atoms with Crippen LogP contribution in [0.15, 0.2) is 55.4 Å². The van der Waals surface area contributed by atoms with Gasteiger partial charge in [0.25, 0.3) is 0 Å². The summed E-state index contributed by atoms with van der Waals surface area (Å²) in [5.41, 5.74) is 1.80. The summed E-state index contributed by atoms with van der Waals surface area (Å²) in [5, 5.41) is 1.17. The molecule has 1 unspecified atom stereocenters. The fraction of sp³-hybridized carbons (Fsp3) is 0.133. The number of halogens is 2. The van der Waals surface area contributed by atoms with Gasteiger partial charge < -0.3 is 4.74 Å². The molecule has 0 saturated heterocycles. The fourth-order valence-electron chi connectivity index (χ4n) is 1.78. The minimum absolute atomic E-state index is 0.281. The van der Waals surface area contributed by atoms with Crippen molar-refractivity contribution in [3.63, 3.8) is 0 Å². The van der Waals surface area contributed by atoms with Crippen molar-refractivity contribution in [3.8, 4) is 0 Å². The second-order valence-corrected chi connectivity index (χ2v) is 4.80. The Labute approximate surface area is 122 Å². The minimum atomic E-state index is -0.281. The minimum Gasteiger partial charge on any atom is -0.365 e. The van der Waals surface area contributed by atoms with E-state index in [9.17, 15) is 0 Å². The lowest BCUT2D eigenvalue weighted by Crippen LogP contribution is -2.07. The number of hydrogen-bond donors (Lipinski definition) is 0. The van der Waals surface area contributed by atoms with Crippen molar-refractivity contribution in [3.05, 3.63) is 76.6 Å². The molecule has 0 aliphatic rings. The molecule has 1 heterocycles. The molecule has 2 rings (SSSR count). The summed E-state index contributed by atoms with van der Waals surface area (Å²) in [7, 11) is 0. The number of aromatic nitrogens is 1. The van der Waals surface area contributed by atoms with Crippen molar-refractivity contribution in [1.82, 2.24) is 4.98 Å². The third-order valence-corrected chi connectivity index (χ3v) is 3.18. The molecule has 0 amide bonds. The molecule has 4 heteroatoms. The normalized spacial score (nSPS) is 12.1. The Balaban J connectivity index is 2.39. The maximum absolute atomic E-state index is 6.24. The van der Waals surface area contributed by atoms with Crippen LogP contribution in [0.1, 0.15) is 17.2 Å². The van der Waals surface area contributed by atoms with Gasteiger partial charge in [0.1, 0.15) is 6.10 Å². The Hall–Kier alpha value is -1.35. The van der Waals surface area contributed by atoms with Crippen molar-refractivity contribution in [2.75, 3.05) is 6.61 Å². The van der Waals surface area contributed by atoms with Gasteiger partial charge in [0, 0.05) is 33.6 Å². The molecule has 0 radical (unpaired) electrons. The second kappa shape index (κ2) is 6.71. The standard InChI is InChI=1S/C15H13Cl2NO/c1-2-8-19-15(11-4-3-7-18-10-11)13-6-5-12(16)9-14(13)17/h2-7,9-10,15H,1,8H2. The van der Waals surface area contributed by atoms with Crippen LogP contribution >= 0.6 is 23.2 Å². The van der Waals surface area contributed by atoms with Gasteiger partial charge in [-0.25, -0.2) is 0 Å². The number of pyridine rings is 1. The van der Waals surface area contributed by atoms with Crippen molar-refractivity contribution >= 4 is 23.2 Å². The highest BCUT2D eigenvalue weighted by Crippen LogP contribution is 2.32. The van der Waals surface area contributed by atoms with Crippen molar-refractivity contribution in [2.24, 2.45) is 0 Å². The molecular weight excluding hydrogens is 281 g/mol. The molecule has 2 nitrogen and oxygen atoms in total. The summed E-state index contributed by atoms with van der Waals surface area (Å²) in [6.07, 6.45) is 4.90. The molecular formula is C15H13Cl2NO. The van der Waals surface area contributed by atoms with Crippen LogP contribution in [0.2, 0.25) is 10.0 Å². The smallest absolute Gasteiger partial charge is 0.111 e. The van der Waals surface area contributed by atoms with Gasteiger partial charge in [-0.2, -0.15) is 0 Å². The summed E-state index contributed by atoms with van der Waals surface area (Å²) in [6.45, 7) is 4.09. The van der Waals surface area contributed by atoms with Gasteiger partial charge in [0.2, 0.25) is 0 Å². The van der Waals surface area contributed by atoms with Crippen molar-refractivity contribution in [1.29, 1.82) is 0 Å². The van der Waals surface area contributed by atoms with Crippen LogP contribution in [0, 0.1) is 0 Å². The lowest BCUT2D eigenvalue weighted by Gasteiger charge is -2.19. The summed E-state index contributed by atoms with van der Waals surface area (Å²) in [5.74, 6) is 0. The van der Waals surface area contributed by atoms with Crippen LogP contribution in [-0.4, -0.2) is 11.6 Å². The molecule has 0 aliphatic carbocycles. The molecule has 0 fully saturated rings. The van der Waals surface area contributed by atoms with Gasteiger partial charge >= 0.3 is 0 Å². The van der Waals surface area contributed by atoms with Gasteiger partial charge in [0.05, 0.1) is 6.61 Å². The molecule has 0 aliphatic heterocycles. The van der Waals surface area contributed by atoms with Crippen molar-refractivity contribution in [2.45, 2.75) is 6.10 Å². The number of nitrogens with zero attached hydrogens (tertiary/aromatic N) is 1. The van der Waals surface area contributed by atoms with Gasteiger partial charge in [-0.15, -0.1) is 6.58 Å². The highest BCUT2D eigenvalue weighted by molar-refractivity contribution is 6.35. The maximum atomic E-state index is 6.24. The van der Waals surface area contributed by atoms with E-state index in [0.29, 0.717) is 16.7 Å². The topological polar surface area (TPSA) is 22.1 Å². The highest BCUT2D eigenvalue weighted by Gasteiger charge is 2.17. The molecule has 0 spiro atoms. The zero-order valence-electron chi connectivity index (χ0n) is 10.2. The number of rotatable bonds is 5. The summed E-state index contributed by atoms with van der Waals surface area (Å²) in [6, 6.07) is 9.18. The average molecular weight is 294 g/mol. The second-order valence-electron chi connectivity index (χ2n) is 3.95. The molecule has 1 atom stereocenters. The van der Waals surface area contributed by atoms with Gasteiger partial charge in [0.15, 0.2) is 0 Å². The SMILES string of the molecule is C=CCOC(c1cccnc1)c1ccc(Cl)cc1Cl. The van der Waals surface area contributed by atoms with Crippen LogP contribution in [0.25, 0.3) is 0 Å². The first kappa shape index (κ1) is 14.1. The van der Waals surface area contributed by atoms with Crippen LogP contribution in [0.4, 0.5) is 0 Å². The molecule has 0 bridgehead atoms. The van der Waals surface area contributed by atoms with Crippen LogP contribution in [0.3, 0.4) is 0 Å². The van der Waals surface area contributed by atoms with Gasteiger partial charge in [-0.1, -0.05) is 41.4 Å². The summed E-state index contributed by atoms with van der Waals surface area (Å²) < 4.78 is 5.80. The monoisotopic (exact) mass is 293 g/mol. The first-order valence-corrected chi connectivity index (χ1v) is 6.55. The lowest BCUT2D eigenvalue weighted by molar-refractivity contribution is 0.104. The first-order chi connectivity index (χ1) is 9.22. The van der Waals surface area contributed by atoms with Crippen LogP contribution in [0.5, 0.6) is 0 Å². The van der Waals surface area contributed by atoms with Crippen LogP contribution in [-0.2, 0) is 4.74 Å². The Morgan fingerprint density at radius 1 is 1.32 bits per heavy atom. The molecule has 19 heavy (non-hydrogen) atoms. The summed E-state index contributed by atoms with van der Waals surface area (Å²) >= 11 is 12.2. The Morgan fingerprint density at radius 2 is 2.16 bits per heavy atom. The molecule has 2 aromatic rings. The van der Waals surface area contributed by atoms with Crippen molar-refractivity contribution < 1.29 is 4.74 Å². The lowest BCUT2D eigenvalue weighted by atomic mass is 10.0. The van der Waals surface area contributed by atoms with E-state index in [-0.39, 0.29) is 6.10 Å². The van der Waals surface area contributed by atoms with Gasteiger partial charge in [-0.3, -0.25) is 4.98 Å². The Bertz CT molecular complexity index is 557. The first-order valence-electron chi connectivity index (χ1n) is 5.79. The number of hydrogen-bond acceptors (Lipinski definition) is 2. The zero-order chi connectivity index (χ0) is 13.7. The summed E-state index contributed by atoms with van der Waals surface area (Å²) in [4.78, 5) is 4.11. The highest BCUT2D eigenvalue weighted by atomic mass is 35.5. The number of ether oxygens (including phenoxy) is 1. The molecule has 0 N–H and O–H groups in total. The van der Waals surface area contributed by atoms with E-state index in [1.165, 1.54) is 0 Å². The Morgan fingerprint density at radius 3 is 2.79 bits per heavy atom. The molecule has 0 saturated carbocycles. The predicted molar refractivity (Wildman–Crippen MR) is 78.7 cm³/mol. The van der Waals surface area contributed by atoms with E-state index >= 15 is 0 Å². The van der Waals surface area contributed by atoms with E-state index in [2.05, 4.69) is 11.6 Å². The van der Waals surface area contributed by atoms with Crippen LogP contribution < -0.4 is 0 Å². The number of benzene rings is 1. The fourth-order valence-corrected chi connectivity index (χ4v) is 2.28. The molecule has 1 aromatic carbocycles. The quantitative estimate of drug-likeness (QED) is 0.747. The largest absolute Gasteiger partial charge is 0.365 e. The average Bonchev–Trinajstić information content (AvgIpc) is 2.42. The molecule has 1 aromatic heterocycles. The van der Waals surface area contributed by atoms with E-state index in [1.54, 1.807) is 30.6 Å². The van der Waals surface area contributed by atoms with E-state index in [1.807, 2.05) is 18.2 Å². The van der Waals surface area contributed by atoms with E-state index in [4.69, 9.17) is 27.9 Å². The van der Waals surface area contributed by atoms with Gasteiger partial charge in [-0.05, 0) is 18.2 Å².